The number of benzene rings is 1. The van der Waals surface area contributed by atoms with Gasteiger partial charge in [-0.1, -0.05) is 0 Å². The average Bonchev–Trinajstić information content (AvgIpc) is 2.86. The highest BCUT2D eigenvalue weighted by molar-refractivity contribution is 5.89. The van der Waals surface area contributed by atoms with Gasteiger partial charge in [0.1, 0.15) is 11.6 Å². The van der Waals surface area contributed by atoms with Crippen molar-refractivity contribution >= 4 is 29.0 Å². The summed E-state index contributed by atoms with van der Waals surface area (Å²) >= 11 is 0. The van der Waals surface area contributed by atoms with Crippen molar-refractivity contribution in [3.8, 4) is 0 Å². The molecular formula is C23H30FN7O4. The van der Waals surface area contributed by atoms with Crippen molar-refractivity contribution in [2.24, 2.45) is 0 Å². The summed E-state index contributed by atoms with van der Waals surface area (Å²) in [5.41, 5.74) is 0.442. The number of pyridine rings is 1. The number of carbonyl (C=O) groups excluding carboxylic acids is 1. The minimum Gasteiger partial charge on any atom is -0.379 e. The van der Waals surface area contributed by atoms with Crippen LogP contribution in [-0.2, 0) is 4.74 Å². The third-order valence-corrected chi connectivity index (χ3v) is 6.05. The van der Waals surface area contributed by atoms with Crippen LogP contribution in [0.1, 0.15) is 12.8 Å². The standard InChI is InChI=1S/C23H30FN7O4/c24-17-3-5-18(6-4-17)27-23(32)30-10-1-2-19(16-30)26-21-8-7-20(31(33)34)22(28-21)25-9-11-29-12-14-35-15-13-29/h3-8,19H,1-2,9-16H2,(H,27,32)(H2,25,26,28). The highest BCUT2D eigenvalue weighted by atomic mass is 19.1. The van der Waals surface area contributed by atoms with Gasteiger partial charge in [-0.2, -0.15) is 0 Å². The Morgan fingerprint density at radius 3 is 2.69 bits per heavy atom. The van der Waals surface area contributed by atoms with Gasteiger partial charge in [0.05, 0.1) is 18.1 Å². The Morgan fingerprint density at radius 2 is 1.94 bits per heavy atom. The Morgan fingerprint density at radius 1 is 1.17 bits per heavy atom. The zero-order valence-electron chi connectivity index (χ0n) is 19.4. The molecule has 188 valence electrons. The number of piperidine rings is 1. The number of amides is 2. The number of ether oxygens (including phenoxy) is 1. The molecular weight excluding hydrogens is 457 g/mol. The number of nitrogens with one attached hydrogen (secondary N) is 3. The first-order valence-corrected chi connectivity index (χ1v) is 11.8. The van der Waals surface area contributed by atoms with Gasteiger partial charge in [0.15, 0.2) is 0 Å². The van der Waals surface area contributed by atoms with Gasteiger partial charge in [0.2, 0.25) is 5.82 Å². The number of hydrogen-bond donors (Lipinski definition) is 3. The lowest BCUT2D eigenvalue weighted by Gasteiger charge is -2.33. The largest absolute Gasteiger partial charge is 0.379 e. The summed E-state index contributed by atoms with van der Waals surface area (Å²) in [5, 5.41) is 20.7. The predicted molar refractivity (Wildman–Crippen MR) is 130 cm³/mol. The molecule has 12 heteroatoms. The molecule has 4 rings (SSSR count). The minimum atomic E-state index is -0.448. The van der Waals surface area contributed by atoms with Crippen LogP contribution in [0.25, 0.3) is 0 Å². The van der Waals surface area contributed by atoms with Gasteiger partial charge in [0.25, 0.3) is 0 Å². The van der Waals surface area contributed by atoms with Crippen molar-refractivity contribution in [1.29, 1.82) is 0 Å². The maximum atomic E-state index is 13.1. The lowest BCUT2D eigenvalue weighted by Crippen LogP contribution is -2.46. The molecule has 2 amide bonds. The van der Waals surface area contributed by atoms with E-state index in [4.69, 9.17) is 4.74 Å². The Bertz CT molecular complexity index is 1020. The zero-order valence-corrected chi connectivity index (χ0v) is 19.4. The van der Waals surface area contributed by atoms with Crippen LogP contribution >= 0.6 is 0 Å². The first-order valence-electron chi connectivity index (χ1n) is 11.8. The van der Waals surface area contributed by atoms with Gasteiger partial charge in [-0.25, -0.2) is 14.2 Å². The summed E-state index contributed by atoms with van der Waals surface area (Å²) in [6.45, 7) is 5.38. The molecule has 3 heterocycles. The van der Waals surface area contributed by atoms with Crippen LogP contribution < -0.4 is 16.0 Å². The predicted octanol–water partition coefficient (Wildman–Crippen LogP) is 2.98. The number of nitro groups is 1. The van der Waals surface area contributed by atoms with Crippen molar-refractivity contribution in [3.63, 3.8) is 0 Å². The second kappa shape index (κ2) is 11.8. The van der Waals surface area contributed by atoms with E-state index >= 15 is 0 Å². The van der Waals surface area contributed by atoms with E-state index in [1.165, 1.54) is 30.3 Å². The summed E-state index contributed by atoms with van der Waals surface area (Å²) in [4.78, 5) is 32.1. The van der Waals surface area contributed by atoms with Gasteiger partial charge in [-0.15, -0.1) is 0 Å². The quantitative estimate of drug-likeness (QED) is 0.383. The summed E-state index contributed by atoms with van der Waals surface area (Å²) in [5.74, 6) is 0.362. The van der Waals surface area contributed by atoms with Crippen LogP contribution in [0.15, 0.2) is 36.4 Å². The van der Waals surface area contributed by atoms with Crippen LogP contribution in [-0.4, -0.2) is 84.3 Å². The number of morpholine rings is 1. The third-order valence-electron chi connectivity index (χ3n) is 6.05. The van der Waals surface area contributed by atoms with Crippen LogP contribution in [0.3, 0.4) is 0 Å². The van der Waals surface area contributed by atoms with E-state index in [1.54, 1.807) is 11.0 Å². The summed E-state index contributed by atoms with van der Waals surface area (Å²) < 4.78 is 18.4. The summed E-state index contributed by atoms with van der Waals surface area (Å²) in [6, 6.07) is 8.33. The monoisotopic (exact) mass is 487 g/mol. The van der Waals surface area contributed by atoms with Gasteiger partial charge in [-0.3, -0.25) is 15.0 Å². The van der Waals surface area contributed by atoms with E-state index in [1.807, 2.05) is 0 Å². The van der Waals surface area contributed by atoms with E-state index in [0.29, 0.717) is 44.4 Å². The van der Waals surface area contributed by atoms with Gasteiger partial charge in [-0.05, 0) is 43.2 Å². The van der Waals surface area contributed by atoms with E-state index in [9.17, 15) is 19.3 Å². The number of anilines is 3. The fraction of sp³-hybridized carbons (Fsp3) is 0.478. The molecule has 35 heavy (non-hydrogen) atoms. The molecule has 2 saturated heterocycles. The first kappa shape index (κ1) is 24.6. The topological polar surface area (TPSA) is 125 Å². The number of hydrogen-bond acceptors (Lipinski definition) is 8. The molecule has 2 aliphatic heterocycles. The molecule has 0 spiro atoms. The molecule has 0 bridgehead atoms. The van der Waals surface area contributed by atoms with E-state index < -0.39 is 4.92 Å². The molecule has 1 atom stereocenters. The normalized spacial score (nSPS) is 18.7. The number of likely N-dealkylation sites (tertiary alicyclic amines) is 1. The maximum absolute atomic E-state index is 13.1. The highest BCUT2D eigenvalue weighted by Crippen LogP contribution is 2.25. The van der Waals surface area contributed by atoms with Gasteiger partial charge in [0, 0.05) is 57.1 Å². The maximum Gasteiger partial charge on any atom is 0.321 e. The molecule has 1 unspecified atom stereocenters. The summed E-state index contributed by atoms with van der Waals surface area (Å²) in [7, 11) is 0. The van der Waals surface area contributed by atoms with Gasteiger partial charge >= 0.3 is 11.7 Å². The summed E-state index contributed by atoms with van der Waals surface area (Å²) in [6.07, 6.45) is 1.63. The van der Waals surface area contributed by atoms with Crippen LogP contribution in [0.5, 0.6) is 0 Å². The third kappa shape index (κ3) is 6.99. The number of aromatic nitrogens is 1. The molecule has 3 N–H and O–H groups in total. The van der Waals surface area contributed by atoms with E-state index in [0.717, 1.165) is 32.5 Å². The van der Waals surface area contributed by atoms with E-state index in [2.05, 4.69) is 25.8 Å². The van der Waals surface area contributed by atoms with Crippen LogP contribution in [0.4, 0.5) is 32.2 Å². The molecule has 1 aromatic heterocycles. The van der Waals surface area contributed by atoms with Crippen LogP contribution in [0, 0.1) is 15.9 Å². The molecule has 0 saturated carbocycles. The first-order chi connectivity index (χ1) is 17.0. The van der Waals surface area contributed by atoms with Crippen molar-refractivity contribution in [2.45, 2.75) is 18.9 Å². The highest BCUT2D eigenvalue weighted by Gasteiger charge is 2.25. The molecule has 0 radical (unpaired) electrons. The molecule has 2 aliphatic rings. The van der Waals surface area contributed by atoms with Gasteiger partial charge < -0.3 is 25.6 Å². The molecule has 1 aromatic carbocycles. The number of nitrogens with zero attached hydrogens (tertiary/aromatic N) is 4. The SMILES string of the molecule is O=C(Nc1ccc(F)cc1)N1CCCC(Nc2ccc([N+](=O)[O-])c(NCCN3CCOCC3)n2)C1. The number of halogens is 1. The lowest BCUT2D eigenvalue weighted by atomic mass is 10.1. The van der Waals surface area contributed by atoms with Crippen molar-refractivity contribution in [2.75, 3.05) is 68.4 Å². The number of urea groups is 1. The Hall–Kier alpha value is -3.51. The Labute approximate surface area is 202 Å². The lowest BCUT2D eigenvalue weighted by molar-refractivity contribution is -0.384. The Balaban J connectivity index is 1.34. The second-order valence-electron chi connectivity index (χ2n) is 8.57. The molecule has 2 fully saturated rings. The smallest absolute Gasteiger partial charge is 0.321 e. The molecule has 0 aliphatic carbocycles. The number of carbonyl (C=O) groups is 1. The van der Waals surface area contributed by atoms with Crippen molar-refractivity contribution in [3.05, 3.63) is 52.3 Å². The molecule has 11 nitrogen and oxygen atoms in total. The number of rotatable bonds is 8. The van der Waals surface area contributed by atoms with E-state index in [-0.39, 0.29) is 29.4 Å². The van der Waals surface area contributed by atoms with Crippen LogP contribution in [0.2, 0.25) is 0 Å². The van der Waals surface area contributed by atoms with Crippen molar-refractivity contribution in [1.82, 2.24) is 14.8 Å². The second-order valence-corrected chi connectivity index (χ2v) is 8.57. The van der Waals surface area contributed by atoms with Crippen molar-refractivity contribution < 1.29 is 18.8 Å². The average molecular weight is 488 g/mol. The molecule has 2 aromatic rings. The minimum absolute atomic E-state index is 0.0575. The Kier molecular flexibility index (Phi) is 8.27. The zero-order chi connectivity index (χ0) is 24.6. The fourth-order valence-corrected chi connectivity index (χ4v) is 4.19. The fourth-order valence-electron chi connectivity index (χ4n) is 4.19.